The lowest BCUT2D eigenvalue weighted by Crippen LogP contribution is -2.42. The molecule has 0 bridgehead atoms. The topological polar surface area (TPSA) is 91.6 Å². The number of amides is 1. The Morgan fingerprint density at radius 2 is 1.58 bits per heavy atom. The summed E-state index contributed by atoms with van der Waals surface area (Å²) < 4.78 is 58.2. The number of benzene rings is 2. The number of carbonyl (C=O) groups is 2. The molecule has 2 aromatic carbocycles. The van der Waals surface area contributed by atoms with Gasteiger partial charge in [0, 0.05) is 24.4 Å². The zero-order valence-corrected chi connectivity index (χ0v) is 26.9. The third kappa shape index (κ3) is 8.39. The molecule has 0 saturated carbocycles. The quantitative estimate of drug-likeness (QED) is 0.235. The summed E-state index contributed by atoms with van der Waals surface area (Å²) in [6.07, 6.45) is -4.43. The number of nitrogens with zero attached hydrogens (tertiary/aromatic N) is 2. The fraction of sp³-hybridized carbons (Fsp3) is 0.441. The number of rotatable bonds is 11. The van der Waals surface area contributed by atoms with Gasteiger partial charge in [-0.1, -0.05) is 31.5 Å². The third-order valence-corrected chi connectivity index (χ3v) is 7.82. The summed E-state index contributed by atoms with van der Waals surface area (Å²) in [5.74, 6) is -3.40. The Bertz CT molecular complexity index is 1620. The van der Waals surface area contributed by atoms with E-state index in [9.17, 15) is 32.7 Å². The average Bonchev–Trinajstić information content (AvgIpc) is 2.88. The molecule has 2 unspecified atom stereocenters. The van der Waals surface area contributed by atoms with Crippen molar-refractivity contribution in [1.82, 2.24) is 14.8 Å². The van der Waals surface area contributed by atoms with Gasteiger partial charge >= 0.3 is 12.1 Å². The van der Waals surface area contributed by atoms with Crippen LogP contribution < -0.4 is 10.9 Å². The van der Waals surface area contributed by atoms with E-state index in [2.05, 4.69) is 5.32 Å². The number of carbonyl (C=O) groups excluding carboxylic acids is 1. The van der Waals surface area contributed by atoms with Gasteiger partial charge in [-0.3, -0.25) is 14.4 Å². The molecule has 0 saturated heterocycles. The predicted molar refractivity (Wildman–Crippen MR) is 166 cm³/mol. The Balaban J connectivity index is 2.14. The van der Waals surface area contributed by atoms with E-state index in [0.717, 1.165) is 33.0 Å². The minimum atomic E-state index is -4.78. The van der Waals surface area contributed by atoms with Crippen LogP contribution in [0.3, 0.4) is 0 Å². The molecule has 2 atom stereocenters. The minimum Gasteiger partial charge on any atom is -0.481 e. The molecule has 1 aromatic heterocycles. The van der Waals surface area contributed by atoms with Crippen molar-refractivity contribution in [3.8, 4) is 11.1 Å². The zero-order chi connectivity index (χ0) is 34.0. The molecule has 45 heavy (non-hydrogen) atoms. The first-order valence-electron chi connectivity index (χ1n) is 14.7. The summed E-state index contributed by atoms with van der Waals surface area (Å²) in [5.41, 5.74) is 2.36. The number of halogens is 4. The Labute approximate surface area is 260 Å². The maximum Gasteiger partial charge on any atom is 0.416 e. The monoisotopic (exact) mass is 631 g/mol. The first-order chi connectivity index (χ1) is 20.8. The fourth-order valence-corrected chi connectivity index (χ4v) is 5.87. The second-order valence-corrected chi connectivity index (χ2v) is 12.3. The maximum absolute atomic E-state index is 15.7. The first kappa shape index (κ1) is 35.5. The van der Waals surface area contributed by atoms with Crippen LogP contribution in [0.15, 0.2) is 41.3 Å². The van der Waals surface area contributed by atoms with Crippen molar-refractivity contribution in [1.29, 1.82) is 0 Å². The number of carboxylic acid groups (broad SMARTS) is 1. The SMILES string of the molecule is Cc1cc(C)c(-c2cc(C)c(F)c(C(CC(=O)O)NC(=O)C(C(C)C)n3cc(CCN(C)C)c(C(F)(F)F)cc3=O)c2)c(C)c1. The molecule has 11 heteroatoms. The summed E-state index contributed by atoms with van der Waals surface area (Å²) in [6.45, 7) is 10.9. The lowest BCUT2D eigenvalue weighted by atomic mass is 9.89. The molecule has 0 aliphatic heterocycles. The third-order valence-electron chi connectivity index (χ3n) is 7.82. The van der Waals surface area contributed by atoms with Gasteiger partial charge < -0.3 is 19.9 Å². The molecule has 0 aliphatic rings. The molecule has 244 valence electrons. The van der Waals surface area contributed by atoms with Gasteiger partial charge in [0.25, 0.3) is 5.56 Å². The largest absolute Gasteiger partial charge is 0.481 e. The van der Waals surface area contributed by atoms with E-state index < -0.39 is 59.4 Å². The van der Waals surface area contributed by atoms with Gasteiger partial charge in [-0.2, -0.15) is 13.2 Å². The molecule has 2 N–H and O–H groups in total. The van der Waals surface area contributed by atoms with Crippen molar-refractivity contribution in [2.45, 2.75) is 72.6 Å². The minimum absolute atomic E-state index is 0.0364. The van der Waals surface area contributed by atoms with Gasteiger partial charge in [0.15, 0.2) is 0 Å². The summed E-state index contributed by atoms with van der Waals surface area (Å²) >= 11 is 0. The molecular weight excluding hydrogens is 590 g/mol. The second-order valence-electron chi connectivity index (χ2n) is 12.3. The molecule has 1 amide bonds. The van der Waals surface area contributed by atoms with Crippen LogP contribution in [0.2, 0.25) is 0 Å². The van der Waals surface area contributed by atoms with E-state index in [1.54, 1.807) is 45.8 Å². The lowest BCUT2D eigenvalue weighted by molar-refractivity contribution is -0.139. The number of pyridine rings is 1. The normalized spacial score (nSPS) is 13.3. The molecule has 3 aromatic rings. The number of aryl methyl sites for hydroxylation is 4. The van der Waals surface area contributed by atoms with E-state index in [1.165, 1.54) is 6.07 Å². The average molecular weight is 632 g/mol. The fourth-order valence-electron chi connectivity index (χ4n) is 5.87. The number of aliphatic carboxylic acids is 1. The predicted octanol–water partition coefficient (Wildman–Crippen LogP) is 6.54. The Morgan fingerprint density at radius 1 is 0.978 bits per heavy atom. The van der Waals surface area contributed by atoms with Crippen LogP contribution in [0.4, 0.5) is 17.6 Å². The highest BCUT2D eigenvalue weighted by Gasteiger charge is 2.36. The molecule has 7 nitrogen and oxygen atoms in total. The highest BCUT2D eigenvalue weighted by molar-refractivity contribution is 5.82. The van der Waals surface area contributed by atoms with Crippen LogP contribution in [0, 0.1) is 39.4 Å². The van der Waals surface area contributed by atoms with Crippen LogP contribution in [-0.2, 0) is 22.2 Å². The highest BCUT2D eigenvalue weighted by atomic mass is 19.4. The van der Waals surface area contributed by atoms with E-state index in [4.69, 9.17) is 0 Å². The van der Waals surface area contributed by atoms with Gasteiger partial charge in [0.2, 0.25) is 5.91 Å². The summed E-state index contributed by atoms with van der Waals surface area (Å²) in [5, 5.41) is 12.4. The number of alkyl halides is 3. The number of nitrogens with one attached hydrogen (secondary N) is 1. The number of hydrogen-bond donors (Lipinski definition) is 2. The summed E-state index contributed by atoms with van der Waals surface area (Å²) in [7, 11) is 3.40. The highest BCUT2D eigenvalue weighted by Crippen LogP contribution is 2.35. The van der Waals surface area contributed by atoms with Crippen molar-refractivity contribution in [3.05, 3.63) is 91.6 Å². The maximum atomic E-state index is 15.7. The van der Waals surface area contributed by atoms with Crippen LogP contribution in [0.25, 0.3) is 11.1 Å². The van der Waals surface area contributed by atoms with Crippen LogP contribution in [-0.4, -0.2) is 47.1 Å². The smallest absolute Gasteiger partial charge is 0.416 e. The van der Waals surface area contributed by atoms with Crippen LogP contribution in [0.1, 0.15) is 71.3 Å². The van der Waals surface area contributed by atoms with Crippen molar-refractivity contribution < 1.29 is 32.3 Å². The number of aromatic nitrogens is 1. The summed E-state index contributed by atoms with van der Waals surface area (Å²) in [6, 6.07) is 5.01. The van der Waals surface area contributed by atoms with Crippen LogP contribution >= 0.6 is 0 Å². The number of hydrogen-bond acceptors (Lipinski definition) is 4. The van der Waals surface area contributed by atoms with E-state index in [-0.39, 0.29) is 29.7 Å². The summed E-state index contributed by atoms with van der Waals surface area (Å²) in [4.78, 5) is 40.6. The standard InChI is InChI=1S/C34H41F4N3O4/c1-18(2)32(41-17-23(9-10-40(7)8)26(15-28(41)42)34(36,37)38)33(45)39-27(16-29(43)44)25-14-24(13-22(6)31(25)35)30-20(4)11-19(3)12-21(30)5/h11-15,17-18,27,32H,9-10,16H2,1-8H3,(H,39,45)(H,43,44). The number of likely N-dealkylation sites (N-methyl/N-ethyl adjacent to an activating group) is 1. The molecule has 3 rings (SSSR count). The van der Waals surface area contributed by atoms with E-state index >= 15 is 4.39 Å². The molecule has 1 heterocycles. The molecule has 0 radical (unpaired) electrons. The first-order valence-corrected chi connectivity index (χ1v) is 14.7. The van der Waals surface area contributed by atoms with Gasteiger partial charge in [0.05, 0.1) is 18.0 Å². The second kappa shape index (κ2) is 14.0. The molecule has 0 aliphatic carbocycles. The Morgan fingerprint density at radius 3 is 2.09 bits per heavy atom. The Kier molecular flexibility index (Phi) is 11.0. The van der Waals surface area contributed by atoms with Crippen molar-refractivity contribution in [2.24, 2.45) is 5.92 Å². The zero-order valence-electron chi connectivity index (χ0n) is 26.9. The van der Waals surface area contributed by atoms with Crippen molar-refractivity contribution >= 4 is 11.9 Å². The van der Waals surface area contributed by atoms with Crippen LogP contribution in [0.5, 0.6) is 0 Å². The lowest BCUT2D eigenvalue weighted by Gasteiger charge is -2.28. The molecule has 0 fully saturated rings. The van der Waals surface area contributed by atoms with Crippen molar-refractivity contribution in [2.75, 3.05) is 20.6 Å². The molecule has 0 spiro atoms. The van der Waals surface area contributed by atoms with Gasteiger partial charge in [-0.05, 0) is 99.6 Å². The van der Waals surface area contributed by atoms with E-state index in [1.807, 2.05) is 32.9 Å². The van der Waals surface area contributed by atoms with Crippen molar-refractivity contribution in [3.63, 3.8) is 0 Å². The number of carboxylic acids is 1. The van der Waals surface area contributed by atoms with Gasteiger partial charge in [0.1, 0.15) is 11.9 Å². The molecular formula is C34H41F4N3O4. The Hall–Kier alpha value is -3.99. The van der Waals surface area contributed by atoms with E-state index in [0.29, 0.717) is 11.6 Å². The van der Waals surface area contributed by atoms with Gasteiger partial charge in [-0.25, -0.2) is 4.39 Å². The van der Waals surface area contributed by atoms with Gasteiger partial charge in [-0.15, -0.1) is 0 Å².